The van der Waals surface area contributed by atoms with Crippen LogP contribution in [0.5, 0.6) is 0 Å². The maximum absolute atomic E-state index is 12.1. The number of ether oxygens (including phenoxy) is 1. The first-order chi connectivity index (χ1) is 11.8. The molecule has 0 aliphatic rings. The van der Waals surface area contributed by atoms with Gasteiger partial charge in [0, 0.05) is 6.20 Å². The molecule has 0 saturated heterocycles. The number of methoxy groups -OCH3 is 1. The lowest BCUT2D eigenvalue weighted by Gasteiger charge is -2.07. The van der Waals surface area contributed by atoms with Crippen molar-refractivity contribution in [3.8, 4) is 0 Å². The molecule has 1 aromatic carbocycles. The average Bonchev–Trinajstić information content (AvgIpc) is 2.61. The fourth-order valence-electron chi connectivity index (χ4n) is 1.97. The van der Waals surface area contributed by atoms with Crippen molar-refractivity contribution in [2.45, 2.75) is 13.0 Å². The van der Waals surface area contributed by atoms with Gasteiger partial charge in [-0.25, -0.2) is 17.9 Å². The van der Waals surface area contributed by atoms with Gasteiger partial charge in [0.2, 0.25) is 10.0 Å². The van der Waals surface area contributed by atoms with Crippen LogP contribution in [0, 0.1) is 0 Å². The molecule has 1 heterocycles. The van der Waals surface area contributed by atoms with E-state index in [1.807, 2.05) is 0 Å². The summed E-state index contributed by atoms with van der Waals surface area (Å²) in [4.78, 5) is 15.3. The van der Waals surface area contributed by atoms with Gasteiger partial charge in [0.1, 0.15) is 0 Å². The number of benzene rings is 1. The average molecular weight is 403 g/mol. The number of carbonyl (C=O) groups is 1. The second-order valence-corrected chi connectivity index (χ2v) is 7.91. The number of hydrogen-bond donors (Lipinski definition) is 1. The van der Waals surface area contributed by atoms with Gasteiger partial charge >= 0.3 is 5.97 Å². The molecule has 9 heteroatoms. The van der Waals surface area contributed by atoms with Crippen LogP contribution in [0.3, 0.4) is 0 Å². The van der Waals surface area contributed by atoms with Crippen molar-refractivity contribution < 1.29 is 17.9 Å². The van der Waals surface area contributed by atoms with Crippen LogP contribution in [0.25, 0.3) is 0 Å². The van der Waals surface area contributed by atoms with Crippen molar-refractivity contribution in [3.05, 3.63) is 63.4 Å². The number of hydrogen-bond acceptors (Lipinski definition) is 5. The van der Waals surface area contributed by atoms with E-state index in [1.165, 1.54) is 19.4 Å². The zero-order valence-corrected chi connectivity index (χ0v) is 15.7. The predicted octanol–water partition coefficient (Wildman–Crippen LogP) is 2.84. The largest absolute Gasteiger partial charge is 0.465 e. The number of esters is 1. The van der Waals surface area contributed by atoms with Crippen LogP contribution in [-0.4, -0.2) is 32.2 Å². The fraction of sp³-hybridized carbons (Fsp3) is 0.250. The summed E-state index contributed by atoms with van der Waals surface area (Å²) in [5, 5.41) is 0.812. The minimum atomic E-state index is -3.49. The molecule has 0 aliphatic heterocycles. The number of rotatable bonds is 7. The molecule has 0 spiro atoms. The first-order valence-corrected chi connectivity index (χ1v) is 9.66. The smallest absolute Gasteiger partial charge is 0.339 e. The molecule has 2 rings (SSSR count). The van der Waals surface area contributed by atoms with Crippen LogP contribution in [-0.2, 0) is 27.7 Å². The van der Waals surface area contributed by atoms with Crippen LogP contribution in [0.4, 0.5) is 0 Å². The van der Waals surface area contributed by atoms with Crippen molar-refractivity contribution in [1.29, 1.82) is 0 Å². The molecular formula is C16H16Cl2N2O4S. The molecule has 2 aromatic rings. The summed E-state index contributed by atoms with van der Waals surface area (Å²) >= 11 is 11.7. The summed E-state index contributed by atoms with van der Waals surface area (Å²) in [7, 11) is -2.21. The Labute approximate surface area is 156 Å². The molecule has 6 nitrogen and oxygen atoms in total. The minimum Gasteiger partial charge on any atom is -0.465 e. The molecule has 0 atom stereocenters. The highest BCUT2D eigenvalue weighted by Crippen LogP contribution is 2.22. The molecule has 0 aliphatic carbocycles. The Kier molecular flexibility index (Phi) is 6.78. The molecule has 25 heavy (non-hydrogen) atoms. The molecule has 0 radical (unpaired) electrons. The Morgan fingerprint density at radius 3 is 2.56 bits per heavy atom. The van der Waals surface area contributed by atoms with Gasteiger partial charge in [-0.2, -0.15) is 0 Å². The first kappa shape index (κ1) is 19.7. The second kappa shape index (κ2) is 8.62. The molecule has 0 bridgehead atoms. The number of aryl methyl sites for hydroxylation is 1. The zero-order valence-electron chi connectivity index (χ0n) is 13.3. The molecule has 0 fully saturated rings. The Hall–Kier alpha value is -1.67. The van der Waals surface area contributed by atoms with E-state index >= 15 is 0 Å². The van der Waals surface area contributed by atoms with E-state index in [-0.39, 0.29) is 12.3 Å². The second-order valence-electron chi connectivity index (χ2n) is 5.17. The van der Waals surface area contributed by atoms with Gasteiger partial charge in [-0.1, -0.05) is 29.3 Å². The lowest BCUT2D eigenvalue weighted by molar-refractivity contribution is 0.0600. The van der Waals surface area contributed by atoms with Crippen molar-refractivity contribution in [2.75, 3.05) is 12.9 Å². The van der Waals surface area contributed by atoms with Gasteiger partial charge in [0.25, 0.3) is 0 Å². The lowest BCUT2D eigenvalue weighted by Crippen LogP contribution is -2.27. The Bertz CT molecular complexity index is 855. The van der Waals surface area contributed by atoms with Gasteiger partial charge in [-0.15, -0.1) is 0 Å². The SMILES string of the molecule is COC(=O)c1ccc(CNS(=O)(=O)CCc2ccc(Cl)c(Cl)c2)nc1. The van der Waals surface area contributed by atoms with E-state index in [0.717, 1.165) is 5.56 Å². The zero-order chi connectivity index (χ0) is 18.4. The summed E-state index contributed by atoms with van der Waals surface area (Å²) in [6, 6.07) is 8.10. The molecular weight excluding hydrogens is 387 g/mol. The highest BCUT2D eigenvalue weighted by molar-refractivity contribution is 7.89. The monoisotopic (exact) mass is 402 g/mol. The van der Waals surface area contributed by atoms with Gasteiger partial charge in [-0.3, -0.25) is 4.98 Å². The summed E-state index contributed by atoms with van der Waals surface area (Å²) < 4.78 is 31.2. The molecule has 134 valence electrons. The van der Waals surface area contributed by atoms with Gasteiger partial charge in [-0.05, 0) is 36.2 Å². The number of halogens is 2. The number of aromatic nitrogens is 1. The number of nitrogens with one attached hydrogen (secondary N) is 1. The quantitative estimate of drug-likeness (QED) is 0.719. The van der Waals surface area contributed by atoms with E-state index in [9.17, 15) is 13.2 Å². The third kappa shape index (κ3) is 5.97. The Morgan fingerprint density at radius 1 is 1.20 bits per heavy atom. The first-order valence-electron chi connectivity index (χ1n) is 7.25. The third-order valence-corrected chi connectivity index (χ3v) is 5.43. The molecule has 0 unspecified atom stereocenters. The Morgan fingerprint density at radius 2 is 1.96 bits per heavy atom. The molecule has 1 N–H and O–H groups in total. The lowest BCUT2D eigenvalue weighted by atomic mass is 10.2. The van der Waals surface area contributed by atoms with Crippen LogP contribution >= 0.6 is 23.2 Å². The number of pyridine rings is 1. The number of nitrogens with zero attached hydrogens (tertiary/aromatic N) is 1. The summed E-state index contributed by atoms with van der Waals surface area (Å²) in [5.41, 5.74) is 1.57. The van der Waals surface area contributed by atoms with Crippen LogP contribution in [0.15, 0.2) is 36.5 Å². The van der Waals surface area contributed by atoms with Crippen molar-refractivity contribution >= 4 is 39.2 Å². The van der Waals surface area contributed by atoms with Gasteiger partial charge in [0.15, 0.2) is 0 Å². The van der Waals surface area contributed by atoms with Crippen molar-refractivity contribution in [2.24, 2.45) is 0 Å². The van der Waals surface area contributed by atoms with Crippen molar-refractivity contribution in [3.63, 3.8) is 0 Å². The van der Waals surface area contributed by atoms with E-state index in [4.69, 9.17) is 23.2 Å². The van der Waals surface area contributed by atoms with E-state index in [0.29, 0.717) is 27.7 Å². The Balaban J connectivity index is 1.90. The van der Waals surface area contributed by atoms with E-state index in [2.05, 4.69) is 14.4 Å². The van der Waals surface area contributed by atoms with Gasteiger partial charge in [0.05, 0.1) is 40.7 Å². The minimum absolute atomic E-state index is 0.0329. The van der Waals surface area contributed by atoms with Gasteiger partial charge < -0.3 is 4.74 Å². The highest BCUT2D eigenvalue weighted by Gasteiger charge is 2.12. The normalized spacial score (nSPS) is 11.3. The summed E-state index contributed by atoms with van der Waals surface area (Å²) in [6.07, 6.45) is 1.64. The number of sulfonamides is 1. The summed E-state index contributed by atoms with van der Waals surface area (Å²) in [5.74, 6) is -0.591. The number of carbonyl (C=O) groups excluding carboxylic acids is 1. The molecule has 0 saturated carbocycles. The third-order valence-electron chi connectivity index (χ3n) is 3.36. The van der Waals surface area contributed by atoms with Crippen LogP contribution in [0.2, 0.25) is 10.0 Å². The van der Waals surface area contributed by atoms with E-state index in [1.54, 1.807) is 24.3 Å². The molecule has 1 aromatic heterocycles. The standard InChI is InChI=1S/C16H16Cl2N2O4S/c1-24-16(21)12-3-4-13(19-9-12)10-20-25(22,23)7-6-11-2-5-14(17)15(18)8-11/h2-5,8-9,20H,6-7,10H2,1H3. The summed E-state index contributed by atoms with van der Waals surface area (Å²) in [6.45, 7) is 0.0329. The fourth-order valence-corrected chi connectivity index (χ4v) is 3.31. The topological polar surface area (TPSA) is 85.4 Å². The van der Waals surface area contributed by atoms with Crippen LogP contribution in [0.1, 0.15) is 21.6 Å². The molecule has 0 amide bonds. The van der Waals surface area contributed by atoms with Crippen LogP contribution < -0.4 is 4.72 Å². The van der Waals surface area contributed by atoms with E-state index < -0.39 is 16.0 Å². The van der Waals surface area contributed by atoms with Crippen molar-refractivity contribution in [1.82, 2.24) is 9.71 Å². The highest BCUT2D eigenvalue weighted by atomic mass is 35.5. The maximum atomic E-state index is 12.1. The maximum Gasteiger partial charge on any atom is 0.339 e. The predicted molar refractivity (Wildman–Crippen MR) is 96.4 cm³/mol.